The SMILES string of the molecule is CC(C#N)CC(=O)C(C)(C)C. The van der Waals surface area contributed by atoms with Crippen LogP contribution in [0.3, 0.4) is 0 Å². The lowest BCUT2D eigenvalue weighted by Crippen LogP contribution is -2.21. The van der Waals surface area contributed by atoms with Crippen molar-refractivity contribution in [3.05, 3.63) is 0 Å². The fourth-order valence-corrected chi connectivity index (χ4v) is 0.630. The van der Waals surface area contributed by atoms with Gasteiger partial charge in [-0.2, -0.15) is 5.26 Å². The van der Waals surface area contributed by atoms with E-state index in [9.17, 15) is 4.79 Å². The van der Waals surface area contributed by atoms with Crippen LogP contribution >= 0.6 is 0 Å². The van der Waals surface area contributed by atoms with Crippen LogP contribution in [0.25, 0.3) is 0 Å². The first-order chi connectivity index (χ1) is 4.88. The number of carbonyl (C=O) groups is 1. The number of nitrogens with zero attached hydrogens (tertiary/aromatic N) is 1. The highest BCUT2D eigenvalue weighted by molar-refractivity contribution is 5.83. The average Bonchev–Trinajstić information content (AvgIpc) is 1.85. The van der Waals surface area contributed by atoms with E-state index in [1.165, 1.54) is 0 Å². The largest absolute Gasteiger partial charge is 0.299 e. The molecule has 1 atom stereocenters. The maximum atomic E-state index is 11.3. The molecule has 0 radical (unpaired) electrons. The highest BCUT2D eigenvalue weighted by Crippen LogP contribution is 2.19. The van der Waals surface area contributed by atoms with E-state index in [1.807, 2.05) is 26.8 Å². The van der Waals surface area contributed by atoms with Crippen LogP contribution in [0.5, 0.6) is 0 Å². The molecule has 0 aliphatic heterocycles. The first-order valence-corrected chi connectivity index (χ1v) is 3.81. The summed E-state index contributed by atoms with van der Waals surface area (Å²) >= 11 is 0. The fraction of sp³-hybridized carbons (Fsp3) is 0.778. The molecule has 2 heteroatoms. The molecule has 0 fully saturated rings. The summed E-state index contributed by atoms with van der Waals surface area (Å²) in [6.07, 6.45) is 0.375. The Bertz CT molecular complexity index is 183. The summed E-state index contributed by atoms with van der Waals surface area (Å²) in [5.41, 5.74) is -0.300. The van der Waals surface area contributed by atoms with Gasteiger partial charge in [-0.05, 0) is 6.92 Å². The zero-order valence-electron chi connectivity index (χ0n) is 7.64. The molecule has 0 aliphatic rings. The van der Waals surface area contributed by atoms with Crippen molar-refractivity contribution in [2.75, 3.05) is 0 Å². The summed E-state index contributed by atoms with van der Waals surface area (Å²) < 4.78 is 0. The Balaban J connectivity index is 4.01. The summed E-state index contributed by atoms with van der Waals surface area (Å²) in [4.78, 5) is 11.3. The van der Waals surface area contributed by atoms with Crippen LogP contribution < -0.4 is 0 Å². The van der Waals surface area contributed by atoms with Gasteiger partial charge in [0.15, 0.2) is 0 Å². The number of nitriles is 1. The molecule has 0 rings (SSSR count). The molecule has 0 aromatic heterocycles. The van der Waals surface area contributed by atoms with E-state index in [0.717, 1.165) is 0 Å². The van der Waals surface area contributed by atoms with Gasteiger partial charge in [0.05, 0.1) is 12.0 Å². The van der Waals surface area contributed by atoms with Crippen molar-refractivity contribution in [3.8, 4) is 6.07 Å². The lowest BCUT2D eigenvalue weighted by molar-refractivity contribution is -0.126. The van der Waals surface area contributed by atoms with Crippen LogP contribution in [0.4, 0.5) is 0 Å². The molecule has 0 amide bonds. The van der Waals surface area contributed by atoms with Gasteiger partial charge in [0.2, 0.25) is 0 Å². The Kier molecular flexibility index (Phi) is 3.25. The Morgan fingerprint density at radius 2 is 2.00 bits per heavy atom. The van der Waals surface area contributed by atoms with Crippen molar-refractivity contribution in [3.63, 3.8) is 0 Å². The van der Waals surface area contributed by atoms with Gasteiger partial charge in [-0.15, -0.1) is 0 Å². The van der Waals surface area contributed by atoms with Gasteiger partial charge in [-0.1, -0.05) is 20.8 Å². The van der Waals surface area contributed by atoms with Crippen molar-refractivity contribution in [1.82, 2.24) is 0 Å². The van der Waals surface area contributed by atoms with Crippen LogP contribution in [0.15, 0.2) is 0 Å². The third-order valence-corrected chi connectivity index (χ3v) is 1.55. The van der Waals surface area contributed by atoms with Gasteiger partial charge < -0.3 is 0 Å². The quantitative estimate of drug-likeness (QED) is 0.610. The summed E-state index contributed by atoms with van der Waals surface area (Å²) in [6, 6.07) is 2.05. The van der Waals surface area contributed by atoms with Gasteiger partial charge in [0, 0.05) is 11.8 Å². The third kappa shape index (κ3) is 3.77. The Labute approximate surface area is 68.2 Å². The molecule has 11 heavy (non-hydrogen) atoms. The number of hydrogen-bond acceptors (Lipinski definition) is 2. The first kappa shape index (κ1) is 10.2. The van der Waals surface area contributed by atoms with Gasteiger partial charge in [-0.25, -0.2) is 0 Å². The van der Waals surface area contributed by atoms with E-state index in [4.69, 9.17) is 5.26 Å². The minimum absolute atomic E-state index is 0.151. The number of ketones is 1. The number of Topliss-reactive ketones (excluding diaryl/α,β-unsaturated/α-hetero) is 1. The zero-order valence-corrected chi connectivity index (χ0v) is 7.64. The molecule has 0 aromatic carbocycles. The third-order valence-electron chi connectivity index (χ3n) is 1.55. The first-order valence-electron chi connectivity index (χ1n) is 3.81. The molecule has 0 heterocycles. The summed E-state index contributed by atoms with van der Waals surface area (Å²) in [7, 11) is 0. The van der Waals surface area contributed by atoms with Gasteiger partial charge >= 0.3 is 0 Å². The average molecular weight is 153 g/mol. The number of rotatable bonds is 2. The molecular formula is C9H15NO. The highest BCUT2D eigenvalue weighted by atomic mass is 16.1. The molecule has 0 spiro atoms. The van der Waals surface area contributed by atoms with Crippen LogP contribution in [-0.2, 0) is 4.79 Å². The number of carbonyl (C=O) groups excluding carboxylic acids is 1. The van der Waals surface area contributed by atoms with Crippen LogP contribution in [-0.4, -0.2) is 5.78 Å². The highest BCUT2D eigenvalue weighted by Gasteiger charge is 2.22. The van der Waals surface area contributed by atoms with E-state index >= 15 is 0 Å². The lowest BCUT2D eigenvalue weighted by atomic mass is 9.86. The van der Waals surface area contributed by atoms with E-state index in [1.54, 1.807) is 6.92 Å². The second kappa shape index (κ2) is 3.52. The van der Waals surface area contributed by atoms with Crippen LogP contribution in [0, 0.1) is 22.7 Å². The van der Waals surface area contributed by atoms with E-state index in [0.29, 0.717) is 6.42 Å². The minimum Gasteiger partial charge on any atom is -0.299 e. The molecule has 0 saturated carbocycles. The molecule has 0 saturated heterocycles. The van der Waals surface area contributed by atoms with Gasteiger partial charge in [0.25, 0.3) is 0 Å². The molecule has 2 nitrogen and oxygen atoms in total. The Morgan fingerprint density at radius 1 is 1.55 bits per heavy atom. The molecule has 0 aliphatic carbocycles. The molecule has 0 bridgehead atoms. The summed E-state index contributed by atoms with van der Waals surface area (Å²) in [6.45, 7) is 7.39. The summed E-state index contributed by atoms with van der Waals surface area (Å²) in [5, 5.41) is 8.45. The van der Waals surface area contributed by atoms with E-state index in [2.05, 4.69) is 0 Å². The van der Waals surface area contributed by atoms with Crippen molar-refractivity contribution < 1.29 is 4.79 Å². The summed E-state index contributed by atoms with van der Waals surface area (Å²) in [5.74, 6) is 0.00766. The maximum absolute atomic E-state index is 11.3. The predicted octanol–water partition coefficient (Wildman–Crippen LogP) is 2.15. The molecule has 62 valence electrons. The molecule has 1 unspecified atom stereocenters. The van der Waals surface area contributed by atoms with Crippen molar-refractivity contribution >= 4 is 5.78 Å². The van der Waals surface area contributed by atoms with Gasteiger partial charge in [-0.3, -0.25) is 4.79 Å². The zero-order chi connectivity index (χ0) is 9.07. The Morgan fingerprint density at radius 3 is 2.27 bits per heavy atom. The molecule has 0 aromatic rings. The predicted molar refractivity (Wildman–Crippen MR) is 43.9 cm³/mol. The van der Waals surface area contributed by atoms with E-state index < -0.39 is 0 Å². The minimum atomic E-state index is -0.300. The van der Waals surface area contributed by atoms with Gasteiger partial charge in [0.1, 0.15) is 5.78 Å². The van der Waals surface area contributed by atoms with Crippen LogP contribution in [0.1, 0.15) is 34.1 Å². The Hall–Kier alpha value is -0.840. The van der Waals surface area contributed by atoms with E-state index in [-0.39, 0.29) is 17.1 Å². The number of hydrogen-bond donors (Lipinski definition) is 0. The van der Waals surface area contributed by atoms with Crippen molar-refractivity contribution in [1.29, 1.82) is 5.26 Å². The van der Waals surface area contributed by atoms with Crippen molar-refractivity contribution in [2.45, 2.75) is 34.1 Å². The second-order valence-corrected chi connectivity index (χ2v) is 3.91. The smallest absolute Gasteiger partial charge is 0.139 e. The maximum Gasteiger partial charge on any atom is 0.139 e. The molecular weight excluding hydrogens is 138 g/mol. The van der Waals surface area contributed by atoms with Crippen molar-refractivity contribution in [2.24, 2.45) is 11.3 Å². The molecule has 0 N–H and O–H groups in total. The fourth-order valence-electron chi connectivity index (χ4n) is 0.630. The lowest BCUT2D eigenvalue weighted by Gasteiger charge is -2.16. The van der Waals surface area contributed by atoms with Crippen LogP contribution in [0.2, 0.25) is 0 Å². The normalized spacial score (nSPS) is 13.7. The topological polar surface area (TPSA) is 40.9 Å². The standard InChI is InChI=1S/C9H15NO/c1-7(6-10)5-8(11)9(2,3)4/h7H,5H2,1-4H3. The second-order valence-electron chi connectivity index (χ2n) is 3.91. The monoisotopic (exact) mass is 153 g/mol.